The zero-order chi connectivity index (χ0) is 22.2. The maximum atomic E-state index is 13.7. The van der Waals surface area contributed by atoms with Crippen LogP contribution in [0.25, 0.3) is 0 Å². The number of carbonyl (C=O) groups excluding carboxylic acids is 2. The molecule has 0 radical (unpaired) electrons. The number of aromatic nitrogens is 2. The van der Waals surface area contributed by atoms with Crippen LogP contribution in [0, 0.1) is 5.82 Å². The Kier molecular flexibility index (Phi) is 5.22. The van der Waals surface area contributed by atoms with Crippen LogP contribution >= 0.6 is 0 Å². The standard InChI is InChI=1S/C21H16F4N4O2/c22-15-6-1-2-7-16(15)26-19(30)17-11-18-20(31)28(8-9-29(18)27-17)12-13-4-3-5-14(10-13)21(23,24)25/h1-7,10-11H,8-9,12H2,(H,26,30). The Morgan fingerprint density at radius 1 is 1.06 bits per heavy atom. The third-order valence-electron chi connectivity index (χ3n) is 4.85. The molecule has 2 aromatic carbocycles. The number of hydrogen-bond donors (Lipinski definition) is 1. The molecule has 1 N–H and O–H groups in total. The van der Waals surface area contributed by atoms with Gasteiger partial charge in [-0.25, -0.2) is 4.39 Å². The van der Waals surface area contributed by atoms with Gasteiger partial charge in [-0.15, -0.1) is 0 Å². The van der Waals surface area contributed by atoms with Crippen molar-refractivity contribution in [2.75, 3.05) is 11.9 Å². The number of benzene rings is 2. The topological polar surface area (TPSA) is 67.2 Å². The highest BCUT2D eigenvalue weighted by atomic mass is 19.4. The lowest BCUT2D eigenvalue weighted by Crippen LogP contribution is -2.39. The van der Waals surface area contributed by atoms with Gasteiger partial charge in [0.15, 0.2) is 5.69 Å². The van der Waals surface area contributed by atoms with E-state index in [0.29, 0.717) is 5.56 Å². The van der Waals surface area contributed by atoms with E-state index < -0.39 is 29.4 Å². The molecule has 0 saturated heterocycles. The van der Waals surface area contributed by atoms with Gasteiger partial charge in [-0.2, -0.15) is 18.3 Å². The highest BCUT2D eigenvalue weighted by Crippen LogP contribution is 2.30. The average Bonchev–Trinajstić information content (AvgIpc) is 3.17. The third kappa shape index (κ3) is 4.27. The van der Waals surface area contributed by atoms with E-state index >= 15 is 0 Å². The maximum absolute atomic E-state index is 13.7. The first kappa shape index (κ1) is 20.6. The lowest BCUT2D eigenvalue weighted by Gasteiger charge is -2.27. The van der Waals surface area contributed by atoms with E-state index in [-0.39, 0.29) is 36.7 Å². The van der Waals surface area contributed by atoms with Gasteiger partial charge in [-0.3, -0.25) is 14.3 Å². The Balaban J connectivity index is 1.50. The summed E-state index contributed by atoms with van der Waals surface area (Å²) in [6, 6.07) is 11.7. The molecule has 6 nitrogen and oxygen atoms in total. The van der Waals surface area contributed by atoms with E-state index in [1.165, 1.54) is 46.0 Å². The van der Waals surface area contributed by atoms with Crippen molar-refractivity contribution in [2.24, 2.45) is 0 Å². The fraction of sp³-hybridized carbons (Fsp3) is 0.190. The minimum atomic E-state index is -4.47. The minimum Gasteiger partial charge on any atom is -0.331 e. The fourth-order valence-corrected chi connectivity index (χ4v) is 3.32. The Hall–Kier alpha value is -3.69. The Labute approximate surface area is 174 Å². The summed E-state index contributed by atoms with van der Waals surface area (Å²) >= 11 is 0. The zero-order valence-electron chi connectivity index (χ0n) is 16.0. The molecule has 10 heteroatoms. The van der Waals surface area contributed by atoms with Gasteiger partial charge in [0, 0.05) is 19.2 Å². The first-order valence-corrected chi connectivity index (χ1v) is 9.31. The van der Waals surface area contributed by atoms with Crippen molar-refractivity contribution < 1.29 is 27.2 Å². The molecule has 1 aliphatic heterocycles. The number of nitrogens with zero attached hydrogens (tertiary/aromatic N) is 3. The highest BCUT2D eigenvalue weighted by Gasteiger charge is 2.31. The predicted octanol–water partition coefficient (Wildman–Crippen LogP) is 3.95. The first-order chi connectivity index (χ1) is 14.7. The molecule has 1 aromatic heterocycles. The number of amides is 2. The molecule has 31 heavy (non-hydrogen) atoms. The van der Waals surface area contributed by atoms with Crippen molar-refractivity contribution in [1.29, 1.82) is 0 Å². The van der Waals surface area contributed by atoms with Crippen molar-refractivity contribution in [3.8, 4) is 0 Å². The average molecular weight is 432 g/mol. The fourth-order valence-electron chi connectivity index (χ4n) is 3.32. The van der Waals surface area contributed by atoms with Crippen LogP contribution in [-0.2, 0) is 19.3 Å². The first-order valence-electron chi connectivity index (χ1n) is 9.31. The summed E-state index contributed by atoms with van der Waals surface area (Å²) in [4.78, 5) is 26.6. The summed E-state index contributed by atoms with van der Waals surface area (Å²) in [5.41, 5.74) is -0.388. The second kappa shape index (κ2) is 7.86. The van der Waals surface area contributed by atoms with Crippen LogP contribution in [0.15, 0.2) is 54.6 Å². The number of fused-ring (bicyclic) bond motifs is 1. The Morgan fingerprint density at radius 2 is 1.84 bits per heavy atom. The van der Waals surface area contributed by atoms with Crippen LogP contribution in [0.1, 0.15) is 32.1 Å². The highest BCUT2D eigenvalue weighted by molar-refractivity contribution is 6.04. The molecule has 2 amide bonds. The number of hydrogen-bond acceptors (Lipinski definition) is 3. The quantitative estimate of drug-likeness (QED) is 0.635. The van der Waals surface area contributed by atoms with Crippen LogP contribution < -0.4 is 5.32 Å². The van der Waals surface area contributed by atoms with Crippen molar-refractivity contribution in [3.05, 3.63) is 82.9 Å². The Bertz CT molecular complexity index is 1160. The molecule has 0 saturated carbocycles. The number of alkyl halides is 3. The van der Waals surface area contributed by atoms with Crippen molar-refractivity contribution in [3.63, 3.8) is 0 Å². The molecule has 0 fully saturated rings. The van der Waals surface area contributed by atoms with Gasteiger partial charge in [0.25, 0.3) is 11.8 Å². The van der Waals surface area contributed by atoms with E-state index in [4.69, 9.17) is 0 Å². The van der Waals surface area contributed by atoms with E-state index in [0.717, 1.165) is 12.1 Å². The second-order valence-corrected chi connectivity index (χ2v) is 7.00. The van der Waals surface area contributed by atoms with Crippen LogP contribution in [0.2, 0.25) is 0 Å². The van der Waals surface area contributed by atoms with Gasteiger partial charge in [0.05, 0.1) is 17.8 Å². The van der Waals surface area contributed by atoms with E-state index in [1.807, 2.05) is 0 Å². The molecule has 0 aliphatic carbocycles. The molecule has 160 valence electrons. The molecule has 0 atom stereocenters. The minimum absolute atomic E-state index is 0.00924. The molecule has 4 rings (SSSR count). The molecule has 0 unspecified atom stereocenters. The van der Waals surface area contributed by atoms with Gasteiger partial charge in [0.2, 0.25) is 0 Å². The van der Waals surface area contributed by atoms with Crippen molar-refractivity contribution in [2.45, 2.75) is 19.3 Å². The predicted molar refractivity (Wildman–Crippen MR) is 103 cm³/mol. The monoisotopic (exact) mass is 432 g/mol. The van der Waals surface area contributed by atoms with E-state index in [1.54, 1.807) is 6.07 Å². The van der Waals surface area contributed by atoms with Gasteiger partial charge in [0.1, 0.15) is 11.5 Å². The summed E-state index contributed by atoms with van der Waals surface area (Å²) < 4.78 is 53.9. The molecule has 2 heterocycles. The number of anilines is 1. The second-order valence-electron chi connectivity index (χ2n) is 7.00. The summed E-state index contributed by atoms with van der Waals surface area (Å²) in [6.45, 7) is 0.482. The third-order valence-corrected chi connectivity index (χ3v) is 4.85. The molecule has 0 bridgehead atoms. The maximum Gasteiger partial charge on any atom is 0.416 e. The summed E-state index contributed by atoms with van der Waals surface area (Å²) in [7, 11) is 0. The SMILES string of the molecule is O=C(Nc1ccccc1F)c1cc2n(n1)CCN(Cc1cccc(C(F)(F)F)c1)C2=O. The van der Waals surface area contributed by atoms with E-state index in [2.05, 4.69) is 10.4 Å². The number of halogens is 4. The number of nitrogens with one attached hydrogen (secondary N) is 1. The van der Waals surface area contributed by atoms with Crippen LogP contribution in [0.3, 0.4) is 0 Å². The van der Waals surface area contributed by atoms with Crippen molar-refractivity contribution >= 4 is 17.5 Å². The molecule has 1 aliphatic rings. The van der Waals surface area contributed by atoms with Gasteiger partial charge < -0.3 is 10.2 Å². The smallest absolute Gasteiger partial charge is 0.331 e. The van der Waals surface area contributed by atoms with E-state index in [9.17, 15) is 27.2 Å². The van der Waals surface area contributed by atoms with Crippen LogP contribution in [0.5, 0.6) is 0 Å². The van der Waals surface area contributed by atoms with Gasteiger partial charge >= 0.3 is 6.18 Å². The summed E-state index contributed by atoms with van der Waals surface area (Å²) in [6.07, 6.45) is -4.47. The number of para-hydroxylation sites is 1. The van der Waals surface area contributed by atoms with Crippen molar-refractivity contribution in [1.82, 2.24) is 14.7 Å². The normalized spacial score (nSPS) is 13.8. The molecule has 0 spiro atoms. The number of rotatable bonds is 4. The summed E-state index contributed by atoms with van der Waals surface area (Å²) in [5, 5.41) is 6.50. The van der Waals surface area contributed by atoms with Crippen LogP contribution in [-0.4, -0.2) is 33.0 Å². The molecule has 3 aromatic rings. The molecular formula is C21H16F4N4O2. The lowest BCUT2D eigenvalue weighted by atomic mass is 10.1. The number of carbonyl (C=O) groups is 2. The summed E-state index contributed by atoms with van der Waals surface area (Å²) in [5.74, 6) is -1.74. The van der Waals surface area contributed by atoms with Gasteiger partial charge in [-0.05, 0) is 29.8 Å². The van der Waals surface area contributed by atoms with Gasteiger partial charge in [-0.1, -0.05) is 24.3 Å². The zero-order valence-corrected chi connectivity index (χ0v) is 16.0. The van der Waals surface area contributed by atoms with Crippen LogP contribution in [0.4, 0.5) is 23.2 Å². The Morgan fingerprint density at radius 3 is 2.58 bits per heavy atom. The lowest BCUT2D eigenvalue weighted by molar-refractivity contribution is -0.137. The molecular weight excluding hydrogens is 416 g/mol. The largest absolute Gasteiger partial charge is 0.416 e.